The van der Waals surface area contributed by atoms with Crippen LogP contribution < -0.4 is 0 Å². The predicted octanol–water partition coefficient (Wildman–Crippen LogP) is 4.54. The summed E-state index contributed by atoms with van der Waals surface area (Å²) in [6.45, 7) is 4.71. The number of benzene rings is 2. The van der Waals surface area contributed by atoms with Gasteiger partial charge in [0, 0.05) is 13.1 Å². The van der Waals surface area contributed by atoms with Crippen molar-refractivity contribution >= 4 is 23.6 Å². The summed E-state index contributed by atoms with van der Waals surface area (Å²) in [6.07, 6.45) is 5.40. The molecule has 0 radical (unpaired) electrons. The third-order valence-electron chi connectivity index (χ3n) is 6.27. The summed E-state index contributed by atoms with van der Waals surface area (Å²) in [4.78, 5) is 52.6. The summed E-state index contributed by atoms with van der Waals surface area (Å²) in [5.41, 5.74) is 3.98. The second-order valence-electron chi connectivity index (χ2n) is 8.74. The normalized spacial score (nSPS) is 15.1. The van der Waals surface area contributed by atoms with Crippen LogP contribution in [0.3, 0.4) is 0 Å². The van der Waals surface area contributed by atoms with Crippen molar-refractivity contribution in [3.63, 3.8) is 0 Å². The number of fused-ring (bicyclic) bond motifs is 2. The van der Waals surface area contributed by atoms with Crippen LogP contribution >= 0.6 is 0 Å². The van der Waals surface area contributed by atoms with Gasteiger partial charge in [0.25, 0.3) is 23.6 Å². The fraction of sp³-hybridized carbons (Fsp3) is 0.385. The van der Waals surface area contributed by atoms with E-state index in [-0.39, 0.29) is 23.6 Å². The van der Waals surface area contributed by atoms with Gasteiger partial charge in [0.15, 0.2) is 0 Å². The Balaban J connectivity index is 1.14. The van der Waals surface area contributed by atoms with Gasteiger partial charge in [0.1, 0.15) is 0 Å². The first-order valence-corrected chi connectivity index (χ1v) is 11.3. The minimum absolute atomic E-state index is 0.190. The van der Waals surface area contributed by atoms with E-state index in [1.807, 2.05) is 26.0 Å². The van der Waals surface area contributed by atoms with Crippen molar-refractivity contribution in [1.82, 2.24) is 9.80 Å². The molecular formula is C26H28N2O4. The molecule has 2 aromatic carbocycles. The Kier molecular flexibility index (Phi) is 6.21. The van der Waals surface area contributed by atoms with E-state index >= 15 is 0 Å². The first-order valence-electron chi connectivity index (χ1n) is 11.3. The molecule has 0 aliphatic carbocycles. The quantitative estimate of drug-likeness (QED) is 0.431. The highest BCUT2D eigenvalue weighted by Crippen LogP contribution is 2.25. The molecule has 0 N–H and O–H groups in total. The van der Waals surface area contributed by atoms with Gasteiger partial charge in [-0.1, -0.05) is 48.9 Å². The molecule has 0 fully saturated rings. The van der Waals surface area contributed by atoms with Crippen LogP contribution in [0.5, 0.6) is 0 Å². The van der Waals surface area contributed by atoms with E-state index in [4.69, 9.17) is 0 Å². The van der Waals surface area contributed by atoms with E-state index < -0.39 is 0 Å². The molecule has 6 heteroatoms. The summed E-state index contributed by atoms with van der Waals surface area (Å²) in [7, 11) is 0. The molecule has 4 rings (SSSR count). The van der Waals surface area contributed by atoms with Crippen molar-refractivity contribution in [3.8, 4) is 0 Å². The lowest BCUT2D eigenvalue weighted by atomic mass is 10.1. The summed E-state index contributed by atoms with van der Waals surface area (Å²) in [5.74, 6) is -0.767. The number of amides is 4. The van der Waals surface area contributed by atoms with Gasteiger partial charge in [-0.15, -0.1) is 0 Å². The SMILES string of the molecule is Cc1ccc2c(c1)C(=O)N(CCCCCCCCN1C(=O)c3ccc(C)cc3C1=O)C2=O. The van der Waals surface area contributed by atoms with E-state index in [1.165, 1.54) is 9.80 Å². The Morgan fingerprint density at radius 1 is 0.500 bits per heavy atom. The lowest BCUT2D eigenvalue weighted by molar-refractivity contribution is 0.0634. The number of hydrogen-bond acceptors (Lipinski definition) is 4. The molecule has 0 spiro atoms. The average Bonchev–Trinajstić information content (AvgIpc) is 3.14. The minimum atomic E-state index is -0.193. The van der Waals surface area contributed by atoms with E-state index in [0.29, 0.717) is 35.3 Å². The van der Waals surface area contributed by atoms with Crippen molar-refractivity contribution in [2.75, 3.05) is 13.1 Å². The third-order valence-corrected chi connectivity index (χ3v) is 6.27. The number of aryl methyl sites for hydroxylation is 2. The topological polar surface area (TPSA) is 74.8 Å². The van der Waals surface area contributed by atoms with E-state index in [9.17, 15) is 19.2 Å². The Morgan fingerprint density at radius 3 is 1.25 bits per heavy atom. The number of imide groups is 2. The highest BCUT2D eigenvalue weighted by molar-refractivity contribution is 6.22. The van der Waals surface area contributed by atoms with E-state index in [0.717, 1.165) is 49.7 Å². The van der Waals surface area contributed by atoms with Crippen LogP contribution in [0.15, 0.2) is 36.4 Å². The molecule has 0 unspecified atom stereocenters. The summed E-state index contributed by atoms with van der Waals surface area (Å²) >= 11 is 0. The molecule has 0 saturated heterocycles. The maximum Gasteiger partial charge on any atom is 0.261 e. The number of nitrogens with zero attached hydrogens (tertiary/aromatic N) is 2. The molecule has 0 aromatic heterocycles. The van der Waals surface area contributed by atoms with Crippen LogP contribution in [-0.2, 0) is 0 Å². The first-order chi connectivity index (χ1) is 15.4. The van der Waals surface area contributed by atoms with Crippen LogP contribution in [0, 0.1) is 13.8 Å². The zero-order valence-electron chi connectivity index (χ0n) is 18.6. The van der Waals surface area contributed by atoms with Gasteiger partial charge in [-0.2, -0.15) is 0 Å². The average molecular weight is 433 g/mol. The molecule has 2 aliphatic rings. The number of hydrogen-bond donors (Lipinski definition) is 0. The lowest BCUT2D eigenvalue weighted by Gasteiger charge is -2.14. The zero-order valence-corrected chi connectivity index (χ0v) is 18.6. The number of carbonyl (C=O) groups is 4. The second-order valence-corrected chi connectivity index (χ2v) is 8.74. The zero-order chi connectivity index (χ0) is 22.8. The molecule has 2 aromatic rings. The molecule has 4 amide bonds. The third kappa shape index (κ3) is 4.09. The van der Waals surface area contributed by atoms with Crippen LogP contribution in [0.2, 0.25) is 0 Å². The highest BCUT2D eigenvalue weighted by Gasteiger charge is 2.35. The minimum Gasteiger partial charge on any atom is -0.274 e. The number of unbranched alkanes of at least 4 members (excludes halogenated alkanes) is 5. The van der Waals surface area contributed by atoms with Gasteiger partial charge in [0.05, 0.1) is 22.3 Å². The Bertz CT molecular complexity index is 1020. The molecule has 32 heavy (non-hydrogen) atoms. The van der Waals surface area contributed by atoms with Crippen LogP contribution in [0.4, 0.5) is 0 Å². The molecule has 2 heterocycles. The van der Waals surface area contributed by atoms with Crippen molar-refractivity contribution in [3.05, 3.63) is 69.8 Å². The van der Waals surface area contributed by atoms with Gasteiger partial charge < -0.3 is 0 Å². The lowest BCUT2D eigenvalue weighted by Crippen LogP contribution is -2.30. The molecule has 6 nitrogen and oxygen atoms in total. The van der Waals surface area contributed by atoms with Gasteiger partial charge in [0.2, 0.25) is 0 Å². The predicted molar refractivity (Wildman–Crippen MR) is 121 cm³/mol. The standard InChI is InChI=1S/C26H28N2O4/c1-17-9-11-19-21(15-17)25(31)27(23(19)29)13-7-5-3-4-6-8-14-28-24(30)20-12-10-18(2)16-22(20)26(28)32/h9-12,15-16H,3-8,13-14H2,1-2H3. The fourth-order valence-electron chi connectivity index (χ4n) is 4.46. The first kappa shape index (κ1) is 21.9. The maximum atomic E-state index is 12.5. The number of rotatable bonds is 9. The second kappa shape index (κ2) is 9.07. The molecule has 0 atom stereocenters. The van der Waals surface area contributed by atoms with Crippen LogP contribution in [0.1, 0.15) is 91.1 Å². The van der Waals surface area contributed by atoms with Gasteiger partial charge in [-0.3, -0.25) is 29.0 Å². The molecule has 0 bridgehead atoms. The van der Waals surface area contributed by atoms with Crippen LogP contribution in [-0.4, -0.2) is 46.5 Å². The van der Waals surface area contributed by atoms with Crippen molar-refractivity contribution in [2.24, 2.45) is 0 Å². The van der Waals surface area contributed by atoms with E-state index in [1.54, 1.807) is 24.3 Å². The Labute approximate surface area is 188 Å². The van der Waals surface area contributed by atoms with E-state index in [2.05, 4.69) is 0 Å². The molecule has 166 valence electrons. The number of carbonyl (C=O) groups excluding carboxylic acids is 4. The summed E-state index contributed by atoms with van der Waals surface area (Å²) in [5, 5.41) is 0. The monoisotopic (exact) mass is 432 g/mol. The molecule has 0 saturated carbocycles. The maximum absolute atomic E-state index is 12.5. The van der Waals surface area contributed by atoms with Crippen molar-refractivity contribution in [2.45, 2.75) is 52.4 Å². The van der Waals surface area contributed by atoms with Gasteiger partial charge >= 0.3 is 0 Å². The highest BCUT2D eigenvalue weighted by atomic mass is 16.2. The van der Waals surface area contributed by atoms with Crippen LogP contribution in [0.25, 0.3) is 0 Å². The Morgan fingerprint density at radius 2 is 0.844 bits per heavy atom. The largest absolute Gasteiger partial charge is 0.274 e. The van der Waals surface area contributed by atoms with Gasteiger partial charge in [-0.25, -0.2) is 0 Å². The fourth-order valence-corrected chi connectivity index (χ4v) is 4.46. The van der Waals surface area contributed by atoms with Crippen molar-refractivity contribution < 1.29 is 19.2 Å². The Hall–Kier alpha value is -3.28. The molecule has 2 aliphatic heterocycles. The van der Waals surface area contributed by atoms with Gasteiger partial charge in [-0.05, 0) is 51.0 Å². The van der Waals surface area contributed by atoms with Crippen molar-refractivity contribution in [1.29, 1.82) is 0 Å². The smallest absolute Gasteiger partial charge is 0.261 e. The summed E-state index contributed by atoms with van der Waals surface area (Å²) < 4.78 is 0. The summed E-state index contributed by atoms with van der Waals surface area (Å²) in [6, 6.07) is 10.8. The molecular weight excluding hydrogens is 404 g/mol.